The zero-order chi connectivity index (χ0) is 6.69. The summed E-state index contributed by atoms with van der Waals surface area (Å²) in [7, 11) is 0. The molecule has 0 aromatic heterocycles. The van der Waals surface area contributed by atoms with Gasteiger partial charge in [-0.15, -0.1) is 0 Å². The number of amides is 1. The summed E-state index contributed by atoms with van der Waals surface area (Å²) in [6, 6.07) is 0. The molecule has 0 radical (unpaired) electrons. The van der Waals surface area contributed by atoms with Crippen molar-refractivity contribution in [2.24, 2.45) is 0 Å². The van der Waals surface area contributed by atoms with Crippen molar-refractivity contribution < 1.29 is 9.18 Å². The first-order valence-corrected chi connectivity index (χ1v) is 3.16. The normalized spacial score (nSPS) is 22.1. The Kier molecular flexibility index (Phi) is 2.03. The Bertz CT molecular complexity index is 99.2. The second-order valence-electron chi connectivity index (χ2n) is 2.32. The van der Waals surface area contributed by atoms with Gasteiger partial charge in [-0.25, -0.2) is 4.39 Å². The number of carbonyl (C=O) groups is 1. The minimum atomic E-state index is -0.679. The molecule has 0 atom stereocenters. The number of rotatable bonds is 1. The number of likely N-dealkylation sites (tertiary alicyclic amines) is 1. The molecule has 1 rings (SSSR count). The van der Waals surface area contributed by atoms with Crippen LogP contribution >= 0.6 is 0 Å². The van der Waals surface area contributed by atoms with E-state index in [1.165, 1.54) is 0 Å². The van der Waals surface area contributed by atoms with Crippen LogP contribution in [0.15, 0.2) is 0 Å². The van der Waals surface area contributed by atoms with E-state index in [4.69, 9.17) is 0 Å². The lowest BCUT2D eigenvalue weighted by Crippen LogP contribution is -2.33. The standard InChI is InChI=1S/C6H10FNO/c7-6-1-3-8(5-9)4-2-6/h5-6H,1-4H2. The third kappa shape index (κ3) is 1.66. The summed E-state index contributed by atoms with van der Waals surface area (Å²) in [5.41, 5.74) is 0. The second kappa shape index (κ2) is 2.80. The van der Waals surface area contributed by atoms with Crippen LogP contribution in [0.1, 0.15) is 12.8 Å². The van der Waals surface area contributed by atoms with E-state index in [1.807, 2.05) is 0 Å². The number of alkyl halides is 1. The number of hydrogen-bond donors (Lipinski definition) is 0. The number of nitrogens with zero attached hydrogens (tertiary/aromatic N) is 1. The molecule has 1 saturated heterocycles. The van der Waals surface area contributed by atoms with Crippen LogP contribution in [-0.2, 0) is 4.79 Å². The van der Waals surface area contributed by atoms with Crippen LogP contribution in [0.4, 0.5) is 4.39 Å². The zero-order valence-electron chi connectivity index (χ0n) is 5.22. The molecule has 0 aliphatic carbocycles. The molecule has 0 aromatic carbocycles. The molecule has 9 heavy (non-hydrogen) atoms. The summed E-state index contributed by atoms with van der Waals surface area (Å²) >= 11 is 0. The molecule has 1 fully saturated rings. The Balaban J connectivity index is 2.26. The van der Waals surface area contributed by atoms with E-state index in [2.05, 4.69) is 0 Å². The fraction of sp³-hybridized carbons (Fsp3) is 0.833. The highest BCUT2D eigenvalue weighted by Crippen LogP contribution is 2.10. The van der Waals surface area contributed by atoms with Crippen LogP contribution in [0, 0.1) is 0 Å². The zero-order valence-corrected chi connectivity index (χ0v) is 5.22. The van der Waals surface area contributed by atoms with Crippen molar-refractivity contribution in [3.05, 3.63) is 0 Å². The lowest BCUT2D eigenvalue weighted by molar-refractivity contribution is -0.119. The minimum Gasteiger partial charge on any atom is -0.345 e. The predicted molar refractivity (Wildman–Crippen MR) is 31.8 cm³/mol. The maximum absolute atomic E-state index is 12.4. The van der Waals surface area contributed by atoms with Gasteiger partial charge in [-0.1, -0.05) is 0 Å². The largest absolute Gasteiger partial charge is 0.345 e. The van der Waals surface area contributed by atoms with Crippen LogP contribution in [-0.4, -0.2) is 30.6 Å². The van der Waals surface area contributed by atoms with Crippen molar-refractivity contribution in [2.45, 2.75) is 19.0 Å². The van der Waals surface area contributed by atoms with E-state index in [0.717, 1.165) is 6.41 Å². The number of hydrogen-bond acceptors (Lipinski definition) is 1. The van der Waals surface area contributed by atoms with Crippen LogP contribution in [0.2, 0.25) is 0 Å². The van der Waals surface area contributed by atoms with Gasteiger partial charge in [-0.3, -0.25) is 4.79 Å². The van der Waals surface area contributed by atoms with E-state index in [0.29, 0.717) is 25.9 Å². The minimum absolute atomic E-state index is 0.513. The molecular formula is C6H10FNO. The Morgan fingerprint density at radius 1 is 1.44 bits per heavy atom. The van der Waals surface area contributed by atoms with Gasteiger partial charge >= 0.3 is 0 Å². The van der Waals surface area contributed by atoms with Gasteiger partial charge in [0.2, 0.25) is 6.41 Å². The molecule has 52 valence electrons. The van der Waals surface area contributed by atoms with Crippen molar-refractivity contribution in [3.63, 3.8) is 0 Å². The lowest BCUT2D eigenvalue weighted by atomic mass is 10.1. The summed E-state index contributed by atoms with van der Waals surface area (Å²) in [6.45, 7) is 1.18. The smallest absolute Gasteiger partial charge is 0.209 e. The van der Waals surface area contributed by atoms with Crippen molar-refractivity contribution in [3.8, 4) is 0 Å². The molecule has 0 saturated carbocycles. The summed E-state index contributed by atoms with van der Waals surface area (Å²) < 4.78 is 12.4. The fourth-order valence-corrected chi connectivity index (χ4v) is 0.973. The van der Waals surface area contributed by atoms with Crippen molar-refractivity contribution in [2.75, 3.05) is 13.1 Å². The molecule has 0 spiro atoms. The van der Waals surface area contributed by atoms with Gasteiger partial charge in [0.15, 0.2) is 0 Å². The van der Waals surface area contributed by atoms with Gasteiger partial charge in [0.1, 0.15) is 6.17 Å². The van der Waals surface area contributed by atoms with Gasteiger partial charge < -0.3 is 4.90 Å². The molecule has 3 heteroatoms. The van der Waals surface area contributed by atoms with Gasteiger partial charge in [0, 0.05) is 13.1 Å². The molecule has 0 N–H and O–H groups in total. The average molecular weight is 131 g/mol. The Labute approximate surface area is 53.6 Å². The number of carbonyl (C=O) groups excluding carboxylic acids is 1. The van der Waals surface area contributed by atoms with E-state index in [1.54, 1.807) is 4.90 Å². The maximum Gasteiger partial charge on any atom is 0.209 e. The van der Waals surface area contributed by atoms with Crippen LogP contribution in [0.5, 0.6) is 0 Å². The SMILES string of the molecule is O=CN1CCC(F)CC1. The molecule has 0 bridgehead atoms. The van der Waals surface area contributed by atoms with E-state index >= 15 is 0 Å². The van der Waals surface area contributed by atoms with Crippen LogP contribution in [0.25, 0.3) is 0 Å². The average Bonchev–Trinajstić information content (AvgIpc) is 1.90. The van der Waals surface area contributed by atoms with Gasteiger partial charge in [-0.2, -0.15) is 0 Å². The lowest BCUT2D eigenvalue weighted by Gasteiger charge is -2.24. The summed E-state index contributed by atoms with van der Waals surface area (Å²) in [5.74, 6) is 0. The molecular weight excluding hydrogens is 121 g/mol. The number of piperidine rings is 1. The third-order valence-corrected chi connectivity index (χ3v) is 1.61. The molecule has 0 unspecified atom stereocenters. The van der Waals surface area contributed by atoms with E-state index in [-0.39, 0.29) is 0 Å². The summed E-state index contributed by atoms with van der Waals surface area (Å²) in [5, 5.41) is 0. The quantitative estimate of drug-likeness (QED) is 0.476. The maximum atomic E-state index is 12.4. The van der Waals surface area contributed by atoms with Crippen molar-refractivity contribution in [1.82, 2.24) is 4.90 Å². The van der Waals surface area contributed by atoms with Crippen LogP contribution in [0.3, 0.4) is 0 Å². The van der Waals surface area contributed by atoms with Crippen molar-refractivity contribution in [1.29, 1.82) is 0 Å². The first kappa shape index (κ1) is 6.52. The monoisotopic (exact) mass is 131 g/mol. The highest BCUT2D eigenvalue weighted by atomic mass is 19.1. The van der Waals surface area contributed by atoms with Gasteiger partial charge in [-0.05, 0) is 12.8 Å². The first-order chi connectivity index (χ1) is 4.33. The van der Waals surface area contributed by atoms with E-state index in [9.17, 15) is 9.18 Å². The highest BCUT2D eigenvalue weighted by Gasteiger charge is 2.15. The Morgan fingerprint density at radius 2 is 2.00 bits per heavy atom. The Morgan fingerprint density at radius 3 is 2.44 bits per heavy atom. The molecule has 2 nitrogen and oxygen atoms in total. The molecule has 1 aliphatic rings. The third-order valence-electron chi connectivity index (χ3n) is 1.61. The van der Waals surface area contributed by atoms with Gasteiger partial charge in [0.25, 0.3) is 0 Å². The van der Waals surface area contributed by atoms with E-state index < -0.39 is 6.17 Å². The molecule has 1 aliphatic heterocycles. The molecule has 1 heterocycles. The first-order valence-electron chi connectivity index (χ1n) is 3.16. The second-order valence-corrected chi connectivity index (χ2v) is 2.32. The highest BCUT2D eigenvalue weighted by molar-refractivity contribution is 5.47. The summed E-state index contributed by atoms with van der Waals surface area (Å²) in [4.78, 5) is 11.7. The predicted octanol–water partition coefficient (Wildman–Crippen LogP) is 0.577. The van der Waals surface area contributed by atoms with Crippen LogP contribution < -0.4 is 0 Å². The fourth-order valence-electron chi connectivity index (χ4n) is 0.973. The van der Waals surface area contributed by atoms with Gasteiger partial charge in [0.05, 0.1) is 0 Å². The Hall–Kier alpha value is -0.600. The number of halogens is 1. The topological polar surface area (TPSA) is 20.3 Å². The molecule has 0 aromatic rings. The summed E-state index contributed by atoms with van der Waals surface area (Å²) in [6.07, 6.45) is 1.13. The molecule has 1 amide bonds. The van der Waals surface area contributed by atoms with Crippen molar-refractivity contribution >= 4 is 6.41 Å².